The number of aliphatic carboxylic acids is 2. The van der Waals surface area contributed by atoms with E-state index < -0.39 is 54.5 Å². The van der Waals surface area contributed by atoms with E-state index in [9.17, 15) is 45.0 Å². The van der Waals surface area contributed by atoms with E-state index in [0.717, 1.165) is 0 Å². The number of carbonyl (C=O) groups is 3. The number of nitrogens with one attached hydrogen (secondary N) is 1. The van der Waals surface area contributed by atoms with Crippen LogP contribution in [-0.4, -0.2) is 75.5 Å². The van der Waals surface area contributed by atoms with E-state index >= 15 is 0 Å². The number of carboxylic acids is 2. The van der Waals surface area contributed by atoms with Crippen LogP contribution in [0.5, 0.6) is 0 Å². The Morgan fingerprint density at radius 2 is 1.48 bits per heavy atom. The van der Waals surface area contributed by atoms with Gasteiger partial charge < -0.3 is 62.6 Å². The number of hydrogen-bond donors (Lipinski definition) is 7. The third kappa shape index (κ3) is 9.04. The van der Waals surface area contributed by atoms with E-state index in [0.29, 0.717) is 0 Å². The molecule has 0 aromatic heterocycles. The summed E-state index contributed by atoms with van der Waals surface area (Å²) in [6.07, 6.45) is -8.36. The Kier molecular flexibility index (Phi) is 15.7. The van der Waals surface area contributed by atoms with Crippen LogP contribution < -0.4 is 27.8 Å². The molecule has 11 N–H and O–H groups in total. The van der Waals surface area contributed by atoms with E-state index in [2.05, 4.69) is 5.32 Å². The zero-order chi connectivity index (χ0) is 18.4. The maximum absolute atomic E-state index is 11.6. The largest absolute Gasteiger partial charge is 2.00 e. The Labute approximate surface area is 169 Å². The first-order chi connectivity index (χ1) is 11.1. The first-order valence-electron chi connectivity index (χ1n) is 7.21. The molecule has 1 aliphatic heterocycles. The van der Waals surface area contributed by atoms with E-state index in [1.165, 1.54) is 0 Å². The van der Waals surface area contributed by atoms with Gasteiger partial charge >= 0.3 is 21.1 Å². The zero-order valence-electron chi connectivity index (χ0n) is 14.3. The second-order valence-corrected chi connectivity index (χ2v) is 5.42. The monoisotopic (exact) mass is 578 g/mol. The molecule has 1 amide bonds. The van der Waals surface area contributed by atoms with Crippen molar-refractivity contribution < 1.29 is 70.8 Å². The average Bonchev–Trinajstić information content (AvgIpc) is 2.50. The molecule has 0 radical (unpaired) electrons. The van der Waals surface area contributed by atoms with Crippen LogP contribution in [-0.2, 0) is 40.2 Å². The van der Waals surface area contributed by atoms with Crippen molar-refractivity contribution in [3.63, 3.8) is 0 Å². The Morgan fingerprint density at radius 3 is 1.96 bits per heavy atom. The molecule has 0 aliphatic carbocycles. The summed E-state index contributed by atoms with van der Waals surface area (Å²) in [6.45, 7) is -0.286. The summed E-state index contributed by atoms with van der Waals surface area (Å²) in [4.78, 5) is 32.6. The fraction of sp³-hybridized carbons (Fsp3) is 0.769. The number of ether oxygens (including phenoxy) is 1. The van der Waals surface area contributed by atoms with Crippen molar-refractivity contribution in [3.05, 3.63) is 0 Å². The van der Waals surface area contributed by atoms with E-state index in [1.807, 2.05) is 0 Å². The van der Waals surface area contributed by atoms with Gasteiger partial charge in [0.2, 0.25) is 5.91 Å². The molecule has 0 bridgehead atoms. The van der Waals surface area contributed by atoms with Gasteiger partial charge in [-0.05, 0) is 12.8 Å². The van der Waals surface area contributed by atoms with E-state index in [1.54, 1.807) is 0 Å². The van der Waals surface area contributed by atoms with Crippen molar-refractivity contribution in [1.82, 2.24) is 17.6 Å². The van der Waals surface area contributed by atoms with E-state index in [4.69, 9.17) is 4.74 Å². The van der Waals surface area contributed by atoms with Crippen LogP contribution in [0.1, 0.15) is 19.3 Å². The van der Waals surface area contributed by atoms with Gasteiger partial charge in [-0.15, -0.1) is 0 Å². The summed E-state index contributed by atoms with van der Waals surface area (Å²) < 4.78 is 4.85. The van der Waals surface area contributed by atoms with Crippen molar-refractivity contribution in [2.45, 2.75) is 50.0 Å². The molecule has 1 rings (SSSR count). The standard InChI is InChI=1S/C13H21NO10.2H3N.Pt/c15-7(3-1-2-5(11(19)20)12(21)22)14-4-6-8(16)9(17)10(18)13(23)24-6;;;/h5-6,8-10,13,16-18,23H,1-4H2,(H,14,15)(H,19,20)(H,21,22);2*1H3;/q;;;+2/p-2/t6-,8+,9+,10-,13?;;;/m1.../s1. The summed E-state index contributed by atoms with van der Waals surface area (Å²) in [6, 6.07) is 0. The number of amides is 1. The van der Waals surface area contributed by atoms with Gasteiger partial charge in [-0.25, -0.2) is 0 Å². The van der Waals surface area contributed by atoms with Crippen molar-refractivity contribution in [2.75, 3.05) is 6.54 Å². The molecule has 1 saturated heterocycles. The molecule has 0 aromatic rings. The molecular formula is C13H25N3O10Pt. The maximum atomic E-state index is 11.6. The SMILES string of the molecule is N.N.O=C(CCCC(C(=O)[O-])C(=O)[O-])NC[C@H]1OC(O)[C@H](O)[C@@H](O)[C@H]1O.[Pt+2]. The molecule has 27 heavy (non-hydrogen) atoms. The third-order valence-corrected chi connectivity index (χ3v) is 3.65. The van der Waals surface area contributed by atoms with Crippen molar-refractivity contribution in [3.8, 4) is 0 Å². The number of aliphatic hydroxyl groups excluding tert-OH is 4. The van der Waals surface area contributed by atoms with Crippen molar-refractivity contribution >= 4 is 17.8 Å². The smallest absolute Gasteiger partial charge is 0.549 e. The van der Waals surface area contributed by atoms with Crippen molar-refractivity contribution in [1.29, 1.82) is 0 Å². The molecule has 13 nitrogen and oxygen atoms in total. The van der Waals surface area contributed by atoms with Gasteiger partial charge in [0.05, 0.1) is 11.9 Å². The molecule has 1 fully saturated rings. The number of carbonyl (C=O) groups excluding carboxylic acids is 3. The Morgan fingerprint density at radius 1 is 0.963 bits per heavy atom. The molecule has 14 heteroatoms. The predicted molar refractivity (Wildman–Crippen MR) is 79.3 cm³/mol. The molecule has 0 saturated carbocycles. The minimum Gasteiger partial charge on any atom is -0.549 e. The molecule has 0 spiro atoms. The number of hydrogen-bond acceptors (Lipinski definition) is 12. The normalized spacial score (nSPS) is 26.8. The molecule has 1 heterocycles. The second kappa shape index (κ2) is 13.9. The third-order valence-electron chi connectivity index (χ3n) is 3.65. The Balaban J connectivity index is -0.00000192. The maximum Gasteiger partial charge on any atom is 2.00 e. The quantitative estimate of drug-likeness (QED) is 0.133. The summed E-state index contributed by atoms with van der Waals surface area (Å²) >= 11 is 0. The van der Waals surface area contributed by atoms with Crippen LogP contribution in [0.3, 0.4) is 0 Å². The Hall–Kier alpha value is -1.18. The summed E-state index contributed by atoms with van der Waals surface area (Å²) in [7, 11) is 0. The first kappa shape index (κ1) is 30.5. The number of aliphatic hydroxyl groups is 4. The van der Waals surface area contributed by atoms with Crippen LogP contribution in [0, 0.1) is 5.92 Å². The van der Waals surface area contributed by atoms with Gasteiger partial charge in [0.25, 0.3) is 0 Å². The van der Waals surface area contributed by atoms with Crippen LogP contribution in [0.15, 0.2) is 0 Å². The van der Waals surface area contributed by atoms with E-state index in [-0.39, 0.29) is 59.2 Å². The molecule has 1 unspecified atom stereocenters. The summed E-state index contributed by atoms with van der Waals surface area (Å²) in [5.41, 5.74) is 0. The predicted octanol–water partition coefficient (Wildman–Crippen LogP) is -5.49. The minimum absolute atomic E-state index is 0. The topological polar surface area (TPSA) is 270 Å². The molecule has 162 valence electrons. The Bertz CT molecular complexity index is 469. The van der Waals surface area contributed by atoms with Crippen LogP contribution in [0.2, 0.25) is 0 Å². The molecular weight excluding hydrogens is 553 g/mol. The molecule has 0 aromatic carbocycles. The van der Waals surface area contributed by atoms with Gasteiger partial charge in [0, 0.05) is 18.9 Å². The minimum atomic E-state index is -1.81. The summed E-state index contributed by atoms with van der Waals surface area (Å²) in [5.74, 6) is -5.99. The zero-order valence-corrected chi connectivity index (χ0v) is 16.5. The molecule has 1 aliphatic rings. The number of rotatable bonds is 8. The van der Waals surface area contributed by atoms with Gasteiger partial charge in [0.1, 0.15) is 24.4 Å². The van der Waals surface area contributed by atoms with Crippen LogP contribution in [0.4, 0.5) is 0 Å². The molecule has 5 atom stereocenters. The average molecular weight is 578 g/mol. The van der Waals surface area contributed by atoms with Gasteiger partial charge in [0.15, 0.2) is 6.29 Å². The summed E-state index contributed by atoms with van der Waals surface area (Å²) in [5, 5.41) is 61.1. The van der Waals surface area contributed by atoms with Gasteiger partial charge in [-0.2, -0.15) is 0 Å². The van der Waals surface area contributed by atoms with Gasteiger partial charge in [-0.3, -0.25) is 4.79 Å². The van der Waals surface area contributed by atoms with Crippen molar-refractivity contribution in [2.24, 2.45) is 5.92 Å². The fourth-order valence-electron chi connectivity index (χ4n) is 2.20. The van der Waals surface area contributed by atoms with Crippen LogP contribution >= 0.6 is 0 Å². The van der Waals surface area contributed by atoms with Crippen LogP contribution in [0.25, 0.3) is 0 Å². The van der Waals surface area contributed by atoms with Gasteiger partial charge in [-0.1, -0.05) is 0 Å². The first-order valence-corrected chi connectivity index (χ1v) is 7.21. The second-order valence-electron chi connectivity index (χ2n) is 5.42. The number of carboxylic acid groups (broad SMARTS) is 2. The fourth-order valence-corrected chi connectivity index (χ4v) is 2.20.